The van der Waals surface area contributed by atoms with E-state index in [4.69, 9.17) is 4.74 Å². The second kappa shape index (κ2) is 10.2. The average molecular weight is 330 g/mol. The molecule has 0 aliphatic carbocycles. The van der Waals surface area contributed by atoms with Gasteiger partial charge in [-0.15, -0.1) is 0 Å². The Morgan fingerprint density at radius 1 is 1.22 bits per heavy atom. The lowest BCUT2D eigenvalue weighted by atomic mass is 9.99. The fraction of sp³-hybridized carbons (Fsp3) is 0.824. The van der Waals surface area contributed by atoms with Crippen LogP contribution < -0.4 is 5.32 Å². The third-order valence-corrected chi connectivity index (χ3v) is 3.08. The van der Waals surface area contributed by atoms with E-state index in [2.05, 4.69) is 19.2 Å². The van der Waals surface area contributed by atoms with Gasteiger partial charge in [-0.25, -0.2) is 4.79 Å². The summed E-state index contributed by atoms with van der Waals surface area (Å²) in [6.45, 7) is 11.4. The minimum atomic E-state index is -0.623. The van der Waals surface area contributed by atoms with Gasteiger partial charge in [-0.2, -0.15) is 0 Å². The summed E-state index contributed by atoms with van der Waals surface area (Å²) in [5, 5.41) is 2.43. The van der Waals surface area contributed by atoms with E-state index < -0.39 is 11.7 Å². The summed E-state index contributed by atoms with van der Waals surface area (Å²) in [7, 11) is 0. The molecule has 0 saturated carbocycles. The fourth-order valence-electron chi connectivity index (χ4n) is 2.22. The molecule has 23 heavy (non-hydrogen) atoms. The van der Waals surface area contributed by atoms with Crippen LogP contribution in [-0.2, 0) is 14.3 Å². The number of carbonyl (C=O) groups excluding carboxylic acids is 3. The number of amides is 2. The molecule has 1 atom stereocenters. The van der Waals surface area contributed by atoms with Gasteiger partial charge < -0.3 is 15.0 Å². The van der Waals surface area contributed by atoms with E-state index >= 15 is 0 Å². The van der Waals surface area contributed by atoms with E-state index in [1.165, 1.54) is 13.3 Å². The van der Waals surface area contributed by atoms with E-state index in [-0.39, 0.29) is 25.7 Å². The number of rotatable bonds is 3. The van der Waals surface area contributed by atoms with Gasteiger partial charge >= 0.3 is 6.09 Å². The number of alkyl carbamates (subject to hydrolysis) is 1. The van der Waals surface area contributed by atoms with Crippen LogP contribution in [0.25, 0.3) is 0 Å². The summed E-state index contributed by atoms with van der Waals surface area (Å²) >= 11 is 0. The number of ketones is 1. The Morgan fingerprint density at radius 2 is 1.78 bits per heavy atom. The van der Waals surface area contributed by atoms with E-state index in [1.807, 2.05) is 0 Å². The average Bonchev–Trinajstić information content (AvgIpc) is 2.43. The Balaban J connectivity index is 0. The third kappa shape index (κ3) is 9.21. The molecule has 0 radical (unpaired) electrons. The molecule has 0 bridgehead atoms. The predicted molar refractivity (Wildman–Crippen MR) is 92.3 cm³/mol. The summed E-state index contributed by atoms with van der Waals surface area (Å²) in [4.78, 5) is 36.7. The minimum absolute atomic E-state index is 0. The lowest BCUT2D eigenvalue weighted by Gasteiger charge is -2.34. The molecule has 1 N–H and O–H groups in total. The maximum Gasteiger partial charge on any atom is 0.408 e. The first-order valence-electron chi connectivity index (χ1n) is 8.39. The maximum absolute atomic E-state index is 12.1. The molecule has 1 aliphatic rings. The number of ether oxygens (including phenoxy) is 1. The van der Waals surface area contributed by atoms with Crippen LogP contribution in [0.3, 0.4) is 0 Å². The summed E-state index contributed by atoms with van der Waals surface area (Å²) in [6, 6.07) is -0.350. The SMILES string of the molecule is CC(=O)[C@@H]1CCCCN1C(=O)CNC(=O)OC(C)(C)C.CCC.[HH]. The lowest BCUT2D eigenvalue weighted by Crippen LogP contribution is -2.51. The largest absolute Gasteiger partial charge is 0.444 e. The number of carbonyl (C=O) groups is 3. The number of hydrogen-bond acceptors (Lipinski definition) is 4. The zero-order valence-corrected chi connectivity index (χ0v) is 15.4. The monoisotopic (exact) mass is 330 g/mol. The van der Waals surface area contributed by atoms with Crippen LogP contribution in [0.2, 0.25) is 0 Å². The summed E-state index contributed by atoms with van der Waals surface area (Å²) in [5.74, 6) is -0.244. The van der Waals surface area contributed by atoms with Crippen molar-refractivity contribution in [2.45, 2.75) is 78.9 Å². The highest BCUT2D eigenvalue weighted by atomic mass is 16.6. The molecular weight excluding hydrogens is 296 g/mol. The van der Waals surface area contributed by atoms with E-state index in [1.54, 1.807) is 25.7 Å². The number of Topliss-reactive ketones (excluding diaryl/α,β-unsaturated/α-hetero) is 1. The van der Waals surface area contributed by atoms with Crippen molar-refractivity contribution < 1.29 is 20.5 Å². The van der Waals surface area contributed by atoms with Crippen LogP contribution in [0.5, 0.6) is 0 Å². The number of nitrogens with one attached hydrogen (secondary N) is 1. The van der Waals surface area contributed by atoms with Crippen LogP contribution in [0, 0.1) is 0 Å². The Morgan fingerprint density at radius 3 is 2.26 bits per heavy atom. The maximum atomic E-state index is 12.1. The van der Waals surface area contributed by atoms with E-state index in [0.29, 0.717) is 13.0 Å². The highest BCUT2D eigenvalue weighted by Gasteiger charge is 2.29. The van der Waals surface area contributed by atoms with Gasteiger partial charge in [-0.1, -0.05) is 20.3 Å². The molecule has 136 valence electrons. The van der Waals surface area contributed by atoms with Gasteiger partial charge in [0.25, 0.3) is 0 Å². The molecule has 1 heterocycles. The van der Waals surface area contributed by atoms with Crippen LogP contribution >= 0.6 is 0 Å². The van der Waals surface area contributed by atoms with E-state index in [9.17, 15) is 14.4 Å². The van der Waals surface area contributed by atoms with Crippen molar-refractivity contribution in [3.05, 3.63) is 0 Å². The van der Waals surface area contributed by atoms with Crippen molar-refractivity contribution in [1.29, 1.82) is 0 Å². The van der Waals surface area contributed by atoms with Gasteiger partial charge in [0.2, 0.25) is 5.91 Å². The van der Waals surface area contributed by atoms with Gasteiger partial charge in [0.15, 0.2) is 5.78 Å². The van der Waals surface area contributed by atoms with Gasteiger partial charge in [-0.05, 0) is 47.0 Å². The van der Waals surface area contributed by atoms with Crippen molar-refractivity contribution in [2.24, 2.45) is 0 Å². The minimum Gasteiger partial charge on any atom is -0.444 e. The second-order valence-electron chi connectivity index (χ2n) is 6.77. The molecule has 1 rings (SSSR count). The summed E-state index contributed by atoms with van der Waals surface area (Å²) in [5.41, 5.74) is -0.597. The predicted octanol–water partition coefficient (Wildman–Crippen LogP) is 3.14. The topological polar surface area (TPSA) is 75.7 Å². The van der Waals surface area contributed by atoms with Crippen molar-refractivity contribution in [3.8, 4) is 0 Å². The van der Waals surface area contributed by atoms with Crippen molar-refractivity contribution >= 4 is 17.8 Å². The Hall–Kier alpha value is -1.59. The first-order valence-corrected chi connectivity index (χ1v) is 8.39. The molecular formula is C17H34N2O4. The zero-order chi connectivity index (χ0) is 18.0. The quantitative estimate of drug-likeness (QED) is 0.862. The van der Waals surface area contributed by atoms with Crippen molar-refractivity contribution in [1.82, 2.24) is 10.2 Å². The van der Waals surface area contributed by atoms with Crippen LogP contribution in [0.4, 0.5) is 4.79 Å². The molecule has 0 spiro atoms. The lowest BCUT2D eigenvalue weighted by molar-refractivity contribution is -0.139. The van der Waals surface area contributed by atoms with Gasteiger partial charge in [0, 0.05) is 7.97 Å². The van der Waals surface area contributed by atoms with Crippen molar-refractivity contribution in [3.63, 3.8) is 0 Å². The third-order valence-electron chi connectivity index (χ3n) is 3.08. The number of likely N-dealkylation sites (tertiary alicyclic amines) is 1. The molecule has 0 unspecified atom stereocenters. The molecule has 1 aliphatic heterocycles. The number of hydrogen-bond donors (Lipinski definition) is 1. The molecule has 0 aromatic carbocycles. The standard InChI is InChI=1S/C14H24N2O4.C3H8.H2/c1-10(17)11-7-5-6-8-16(11)12(18)9-15-13(19)20-14(2,3)4;1-3-2;/h11H,5-9H2,1-4H3,(H,15,19);3H2,1-2H3;1H/t11-;;/m0../s1. The van der Waals surface area contributed by atoms with Crippen molar-refractivity contribution in [2.75, 3.05) is 13.1 Å². The molecule has 6 heteroatoms. The van der Waals surface area contributed by atoms with E-state index in [0.717, 1.165) is 12.8 Å². The zero-order valence-electron chi connectivity index (χ0n) is 15.4. The highest BCUT2D eigenvalue weighted by Crippen LogP contribution is 2.17. The van der Waals surface area contributed by atoms with Gasteiger partial charge in [0.1, 0.15) is 12.1 Å². The molecule has 2 amide bonds. The number of piperidine rings is 1. The first kappa shape index (κ1) is 21.4. The van der Waals surface area contributed by atoms with Crippen LogP contribution in [0.1, 0.15) is 68.7 Å². The fourth-order valence-corrected chi connectivity index (χ4v) is 2.22. The summed E-state index contributed by atoms with van der Waals surface area (Å²) in [6.07, 6.45) is 3.17. The smallest absolute Gasteiger partial charge is 0.408 e. The normalized spacial score (nSPS) is 17.7. The van der Waals surface area contributed by atoms with Gasteiger partial charge in [-0.3, -0.25) is 9.59 Å². The Labute approximate surface area is 141 Å². The van der Waals surface area contributed by atoms with Crippen LogP contribution in [-0.4, -0.2) is 47.4 Å². The molecule has 1 fully saturated rings. The molecule has 1 saturated heterocycles. The van der Waals surface area contributed by atoms with Gasteiger partial charge in [0.05, 0.1) is 6.04 Å². The summed E-state index contributed by atoms with van der Waals surface area (Å²) < 4.78 is 5.06. The number of nitrogens with zero attached hydrogens (tertiary/aromatic N) is 1. The first-order chi connectivity index (χ1) is 10.6. The highest BCUT2D eigenvalue weighted by molar-refractivity contribution is 5.89. The second-order valence-corrected chi connectivity index (χ2v) is 6.77. The molecule has 0 aromatic heterocycles. The Bertz CT molecular complexity index is 408. The molecule has 6 nitrogen and oxygen atoms in total. The Kier molecular flexibility index (Phi) is 9.53. The van der Waals surface area contributed by atoms with Crippen LogP contribution in [0.15, 0.2) is 0 Å². The molecule has 0 aromatic rings.